The highest BCUT2D eigenvalue weighted by molar-refractivity contribution is 7.91. The van der Waals surface area contributed by atoms with Gasteiger partial charge in [0.2, 0.25) is 0 Å². The molecular weight excluding hydrogens is 558 g/mol. The lowest BCUT2D eigenvalue weighted by molar-refractivity contribution is 0.0227. The fraction of sp³-hybridized carbons (Fsp3) is 0.250. The van der Waals surface area contributed by atoms with Gasteiger partial charge in [0.1, 0.15) is 11.4 Å². The zero-order valence-electron chi connectivity index (χ0n) is 20.3. The molecule has 0 saturated carbocycles. The number of ether oxygens (including phenoxy) is 2. The second-order valence-corrected chi connectivity index (χ2v) is 13.1. The normalized spacial score (nSPS) is 14.1. The van der Waals surface area contributed by atoms with Crippen LogP contribution in [0.4, 0.5) is 0 Å². The Bertz CT molecular complexity index is 1340. The Balaban J connectivity index is 1.85. The maximum Gasteiger partial charge on any atom is 0.481 e. The molecule has 0 radical (unpaired) electrons. The lowest BCUT2D eigenvalue weighted by atomic mass is 9.80. The van der Waals surface area contributed by atoms with E-state index in [2.05, 4.69) is 8.83 Å². The van der Waals surface area contributed by atoms with Gasteiger partial charge in [0, 0.05) is 0 Å². The molecule has 0 aromatic heterocycles. The smallest absolute Gasteiger partial charge is 0.481 e. The monoisotopic (exact) mass is 586 g/mol. The Morgan fingerprint density at radius 3 is 1.68 bits per heavy atom. The second-order valence-electron chi connectivity index (χ2n) is 8.02. The van der Waals surface area contributed by atoms with Crippen molar-refractivity contribution in [3.8, 4) is 5.75 Å². The lowest BCUT2D eigenvalue weighted by Crippen LogP contribution is -2.35. The van der Waals surface area contributed by atoms with Gasteiger partial charge in [0.15, 0.2) is 9.84 Å². The molecule has 0 fully saturated rings. The van der Waals surface area contributed by atoms with Crippen molar-refractivity contribution in [2.24, 2.45) is 0 Å². The van der Waals surface area contributed by atoms with E-state index in [9.17, 15) is 22.4 Å². The van der Waals surface area contributed by atoms with Crippen LogP contribution in [-0.2, 0) is 38.1 Å². The molecule has 1 unspecified atom stereocenters. The van der Waals surface area contributed by atoms with Gasteiger partial charge in [-0.05, 0) is 28.8 Å². The molecule has 1 atom stereocenters. The molecule has 11 nitrogen and oxygen atoms in total. The van der Waals surface area contributed by atoms with E-state index in [0.717, 1.165) is 16.7 Å². The zero-order valence-corrected chi connectivity index (χ0v) is 22.9. The molecule has 0 heterocycles. The van der Waals surface area contributed by atoms with Crippen molar-refractivity contribution in [2.45, 2.75) is 5.60 Å². The number of sulfone groups is 1. The zero-order chi connectivity index (χ0) is 27.9. The number of phosphoric ester groups is 1. The van der Waals surface area contributed by atoms with Crippen LogP contribution in [0.3, 0.4) is 0 Å². The molecule has 38 heavy (non-hydrogen) atoms. The van der Waals surface area contributed by atoms with Crippen LogP contribution in [0.25, 0.3) is 0 Å². The predicted molar refractivity (Wildman–Crippen MR) is 139 cm³/mol. The Hall–Kier alpha value is -2.37. The average molecular weight is 586 g/mol. The van der Waals surface area contributed by atoms with E-state index in [0.29, 0.717) is 5.75 Å². The molecule has 0 aliphatic heterocycles. The molecule has 3 aromatic rings. The summed E-state index contributed by atoms with van der Waals surface area (Å²) in [5.41, 5.74) is 1.06. The molecule has 0 aliphatic rings. The SMILES string of the molecule is COc1ccc(C(OCCS(=O)(=O)CCOP(=O)(O)OP(=O)(O)O)(c2ccccc2)c2ccccc2)cc1. The summed E-state index contributed by atoms with van der Waals surface area (Å²) in [6, 6.07) is 25.8. The first kappa shape index (κ1) is 30.2. The first-order chi connectivity index (χ1) is 17.9. The summed E-state index contributed by atoms with van der Waals surface area (Å²) in [7, 11) is -12.8. The van der Waals surface area contributed by atoms with Crippen molar-refractivity contribution >= 4 is 25.5 Å². The molecule has 3 N–H and O–H groups in total. The minimum Gasteiger partial charge on any atom is -0.497 e. The minimum absolute atomic E-state index is 0.256. The third kappa shape index (κ3) is 8.31. The van der Waals surface area contributed by atoms with E-state index in [-0.39, 0.29) is 6.61 Å². The first-order valence-electron chi connectivity index (χ1n) is 11.2. The van der Waals surface area contributed by atoms with Crippen molar-refractivity contribution in [1.29, 1.82) is 0 Å². The van der Waals surface area contributed by atoms with Crippen LogP contribution in [-0.4, -0.2) is 54.9 Å². The number of hydrogen-bond acceptors (Lipinski definition) is 8. The molecular formula is C24H28O11P2S. The summed E-state index contributed by atoms with van der Waals surface area (Å²) in [5.74, 6) is -0.545. The summed E-state index contributed by atoms with van der Waals surface area (Å²) in [6.07, 6.45) is 0. The third-order valence-electron chi connectivity index (χ3n) is 5.43. The van der Waals surface area contributed by atoms with Crippen LogP contribution in [0.15, 0.2) is 84.9 Å². The van der Waals surface area contributed by atoms with Crippen LogP contribution in [0.2, 0.25) is 0 Å². The maximum absolute atomic E-state index is 12.6. The van der Waals surface area contributed by atoms with E-state index < -0.39 is 49.2 Å². The maximum atomic E-state index is 12.6. The molecule has 14 heteroatoms. The number of benzene rings is 3. The van der Waals surface area contributed by atoms with Crippen LogP contribution >= 0.6 is 15.6 Å². The van der Waals surface area contributed by atoms with E-state index in [1.165, 1.54) is 0 Å². The summed E-state index contributed by atoms with van der Waals surface area (Å²) >= 11 is 0. The molecule has 0 saturated heterocycles. The van der Waals surface area contributed by atoms with Crippen molar-refractivity contribution < 1.29 is 50.5 Å². The quantitative estimate of drug-likeness (QED) is 0.186. The van der Waals surface area contributed by atoms with Gasteiger partial charge in [-0.2, -0.15) is 4.31 Å². The molecule has 0 bridgehead atoms. The van der Waals surface area contributed by atoms with E-state index in [1.54, 1.807) is 19.2 Å². The van der Waals surface area contributed by atoms with Crippen LogP contribution in [0.1, 0.15) is 16.7 Å². The average Bonchev–Trinajstić information content (AvgIpc) is 2.86. The van der Waals surface area contributed by atoms with Crippen LogP contribution < -0.4 is 4.74 Å². The predicted octanol–water partition coefficient (Wildman–Crippen LogP) is 3.64. The van der Waals surface area contributed by atoms with E-state index in [4.69, 9.17) is 19.3 Å². The van der Waals surface area contributed by atoms with Gasteiger partial charge in [-0.15, -0.1) is 0 Å². The molecule has 0 amide bonds. The fourth-order valence-electron chi connectivity index (χ4n) is 3.78. The molecule has 0 spiro atoms. The van der Waals surface area contributed by atoms with Gasteiger partial charge < -0.3 is 24.2 Å². The third-order valence-corrected chi connectivity index (χ3v) is 9.19. The second kappa shape index (κ2) is 12.7. The Labute approximate surface area is 220 Å². The molecule has 206 valence electrons. The number of hydrogen-bond donors (Lipinski definition) is 3. The van der Waals surface area contributed by atoms with Crippen molar-refractivity contribution in [2.75, 3.05) is 31.8 Å². The molecule has 0 aliphatic carbocycles. The van der Waals surface area contributed by atoms with Crippen LogP contribution in [0.5, 0.6) is 5.75 Å². The summed E-state index contributed by atoms with van der Waals surface area (Å²) < 4.78 is 67.3. The van der Waals surface area contributed by atoms with E-state index >= 15 is 0 Å². The molecule has 3 rings (SSSR count). The van der Waals surface area contributed by atoms with Gasteiger partial charge in [-0.25, -0.2) is 17.5 Å². The standard InChI is InChI=1S/C24H28O11P2S/c1-32-23-14-12-22(13-15-23)24(20-8-4-2-5-9-20,21-10-6-3-7-11-21)33-16-18-38(30,31)19-17-34-37(28,29)35-36(25,26)27/h2-15H,16-19H2,1H3,(H,28,29)(H2,25,26,27). The summed E-state index contributed by atoms with van der Waals surface area (Å²) in [6.45, 7) is -1.08. The lowest BCUT2D eigenvalue weighted by Gasteiger charge is -2.36. The first-order valence-corrected chi connectivity index (χ1v) is 16.1. The number of rotatable bonds is 14. The summed E-state index contributed by atoms with van der Waals surface area (Å²) in [4.78, 5) is 26.6. The van der Waals surface area contributed by atoms with Crippen molar-refractivity contribution in [3.63, 3.8) is 0 Å². The topological polar surface area (TPSA) is 166 Å². The minimum atomic E-state index is -5.31. The van der Waals surface area contributed by atoms with Gasteiger partial charge in [-0.1, -0.05) is 72.8 Å². The van der Waals surface area contributed by atoms with E-state index in [1.807, 2.05) is 72.8 Å². The Morgan fingerprint density at radius 2 is 1.21 bits per heavy atom. The largest absolute Gasteiger partial charge is 0.497 e. The van der Waals surface area contributed by atoms with Crippen molar-refractivity contribution in [3.05, 3.63) is 102 Å². The number of phosphoric acid groups is 2. The Morgan fingerprint density at radius 1 is 0.737 bits per heavy atom. The summed E-state index contributed by atoms with van der Waals surface area (Å²) in [5, 5.41) is 0. The van der Waals surface area contributed by atoms with Gasteiger partial charge in [0.05, 0.1) is 31.8 Å². The van der Waals surface area contributed by atoms with Gasteiger partial charge in [0.25, 0.3) is 0 Å². The van der Waals surface area contributed by atoms with Crippen LogP contribution in [0, 0.1) is 0 Å². The van der Waals surface area contributed by atoms with Crippen molar-refractivity contribution in [1.82, 2.24) is 0 Å². The molecule has 3 aromatic carbocycles. The van der Waals surface area contributed by atoms with Gasteiger partial charge in [-0.3, -0.25) is 4.52 Å². The highest BCUT2D eigenvalue weighted by atomic mass is 32.2. The Kier molecular flexibility index (Phi) is 10.0. The highest BCUT2D eigenvalue weighted by Crippen LogP contribution is 2.57. The highest BCUT2D eigenvalue weighted by Gasteiger charge is 2.38. The van der Waals surface area contributed by atoms with Gasteiger partial charge >= 0.3 is 15.6 Å². The fourth-order valence-corrected chi connectivity index (χ4v) is 6.37. The number of methoxy groups -OCH3 is 1.